The molecule has 0 saturated heterocycles. The van der Waals surface area contributed by atoms with E-state index in [1.165, 1.54) is 20.4 Å². The van der Waals surface area contributed by atoms with E-state index < -0.39 is 11.8 Å². The molecule has 178 valence electrons. The third-order valence-electron chi connectivity index (χ3n) is 5.11. The number of aromatic nitrogens is 1. The van der Waals surface area contributed by atoms with E-state index in [0.717, 1.165) is 28.4 Å². The lowest BCUT2D eigenvalue weighted by Gasteiger charge is -2.11. The number of nitrogens with zero attached hydrogens (tertiary/aromatic N) is 2. The number of nitrogens with one attached hydrogen (secondary N) is 2. The van der Waals surface area contributed by atoms with Crippen LogP contribution in [-0.2, 0) is 9.59 Å². The first-order chi connectivity index (χ1) is 16.4. The Bertz CT molecular complexity index is 1200. The molecule has 3 aromatic rings. The second-order valence-corrected chi connectivity index (χ2v) is 7.31. The van der Waals surface area contributed by atoms with Gasteiger partial charge in [-0.3, -0.25) is 9.59 Å². The van der Waals surface area contributed by atoms with E-state index in [2.05, 4.69) is 20.4 Å². The highest BCUT2D eigenvalue weighted by atomic mass is 16.5. The number of amides is 2. The van der Waals surface area contributed by atoms with E-state index in [9.17, 15) is 9.59 Å². The monoisotopic (exact) mass is 464 g/mol. The van der Waals surface area contributed by atoms with Crippen molar-refractivity contribution >= 4 is 23.7 Å². The largest absolute Gasteiger partial charge is 0.497 e. The molecule has 0 aliphatic carbocycles. The van der Waals surface area contributed by atoms with Gasteiger partial charge in [0.25, 0.3) is 0 Å². The predicted molar refractivity (Wildman–Crippen MR) is 130 cm³/mol. The van der Waals surface area contributed by atoms with E-state index in [-0.39, 0.29) is 0 Å². The van der Waals surface area contributed by atoms with Gasteiger partial charge < -0.3 is 24.1 Å². The SMILES string of the molecule is CCOc1ccc(-n2c(C)cc(/C=N\NC(=O)C(=O)Nc3cc(OC)ccc3OC)c2C)cc1. The molecule has 9 heteroatoms. The fourth-order valence-electron chi connectivity index (χ4n) is 3.48. The number of anilines is 1. The maximum atomic E-state index is 12.3. The molecular formula is C25H28N4O5. The Balaban J connectivity index is 1.68. The molecule has 0 radical (unpaired) electrons. The molecule has 0 aliphatic rings. The number of aryl methyl sites for hydroxylation is 1. The second kappa shape index (κ2) is 11.0. The maximum absolute atomic E-state index is 12.3. The summed E-state index contributed by atoms with van der Waals surface area (Å²) in [5, 5.41) is 6.45. The summed E-state index contributed by atoms with van der Waals surface area (Å²) in [4.78, 5) is 24.5. The number of rotatable bonds is 8. The van der Waals surface area contributed by atoms with Crippen LogP contribution in [0.4, 0.5) is 5.69 Å². The average Bonchev–Trinajstić information content (AvgIpc) is 3.12. The van der Waals surface area contributed by atoms with E-state index in [1.54, 1.807) is 18.2 Å². The van der Waals surface area contributed by atoms with Crippen LogP contribution in [0.5, 0.6) is 17.2 Å². The molecule has 0 fully saturated rings. The van der Waals surface area contributed by atoms with Gasteiger partial charge in [0.05, 0.1) is 32.7 Å². The lowest BCUT2D eigenvalue weighted by Crippen LogP contribution is -2.32. The van der Waals surface area contributed by atoms with Crippen LogP contribution < -0.4 is 25.0 Å². The molecular weight excluding hydrogens is 436 g/mol. The lowest BCUT2D eigenvalue weighted by molar-refractivity contribution is -0.136. The van der Waals surface area contributed by atoms with Gasteiger partial charge in [-0.15, -0.1) is 0 Å². The van der Waals surface area contributed by atoms with Gasteiger partial charge in [-0.05, 0) is 63.2 Å². The van der Waals surface area contributed by atoms with Crippen molar-refractivity contribution in [1.29, 1.82) is 0 Å². The molecule has 9 nitrogen and oxygen atoms in total. The highest BCUT2D eigenvalue weighted by Crippen LogP contribution is 2.28. The van der Waals surface area contributed by atoms with Gasteiger partial charge >= 0.3 is 11.8 Å². The molecule has 34 heavy (non-hydrogen) atoms. The van der Waals surface area contributed by atoms with Crippen molar-refractivity contribution in [2.75, 3.05) is 26.1 Å². The summed E-state index contributed by atoms with van der Waals surface area (Å²) >= 11 is 0. The Morgan fingerprint density at radius 1 is 0.971 bits per heavy atom. The number of ether oxygens (including phenoxy) is 3. The van der Waals surface area contributed by atoms with Gasteiger partial charge in [-0.2, -0.15) is 5.10 Å². The van der Waals surface area contributed by atoms with Gasteiger partial charge in [0.1, 0.15) is 17.2 Å². The molecule has 0 bridgehead atoms. The molecule has 2 aromatic carbocycles. The zero-order valence-corrected chi connectivity index (χ0v) is 19.8. The van der Waals surface area contributed by atoms with Crippen molar-refractivity contribution in [2.45, 2.75) is 20.8 Å². The van der Waals surface area contributed by atoms with Crippen LogP contribution in [0.3, 0.4) is 0 Å². The lowest BCUT2D eigenvalue weighted by atomic mass is 10.2. The van der Waals surface area contributed by atoms with Crippen molar-refractivity contribution < 1.29 is 23.8 Å². The van der Waals surface area contributed by atoms with Crippen LogP contribution in [0.2, 0.25) is 0 Å². The minimum atomic E-state index is -0.915. The fraction of sp³-hybridized carbons (Fsp3) is 0.240. The molecule has 2 N–H and O–H groups in total. The molecule has 3 rings (SSSR count). The summed E-state index contributed by atoms with van der Waals surface area (Å²) in [6.45, 7) is 6.49. The molecule has 1 aromatic heterocycles. The van der Waals surface area contributed by atoms with Crippen molar-refractivity contribution in [3.05, 3.63) is 65.5 Å². The molecule has 2 amide bonds. The van der Waals surface area contributed by atoms with Crippen LogP contribution in [0.25, 0.3) is 5.69 Å². The van der Waals surface area contributed by atoms with E-state index in [0.29, 0.717) is 23.8 Å². The zero-order valence-electron chi connectivity index (χ0n) is 19.8. The Morgan fingerprint density at radius 2 is 1.68 bits per heavy atom. The van der Waals surface area contributed by atoms with Crippen LogP contribution in [0.15, 0.2) is 53.6 Å². The quantitative estimate of drug-likeness (QED) is 0.301. The fourth-order valence-corrected chi connectivity index (χ4v) is 3.48. The number of hydrazone groups is 1. The van der Waals surface area contributed by atoms with Gasteiger partial charge in [-0.1, -0.05) is 0 Å². The Hall–Kier alpha value is -4.27. The first-order valence-electron chi connectivity index (χ1n) is 10.7. The summed E-state index contributed by atoms with van der Waals surface area (Å²) in [5.41, 5.74) is 6.29. The highest BCUT2D eigenvalue weighted by molar-refractivity contribution is 6.39. The molecule has 1 heterocycles. The van der Waals surface area contributed by atoms with Crippen molar-refractivity contribution in [3.63, 3.8) is 0 Å². The van der Waals surface area contributed by atoms with Gasteiger partial charge in [0.2, 0.25) is 0 Å². The first-order valence-corrected chi connectivity index (χ1v) is 10.7. The molecule has 0 atom stereocenters. The van der Waals surface area contributed by atoms with Gasteiger partial charge in [0.15, 0.2) is 0 Å². The smallest absolute Gasteiger partial charge is 0.329 e. The number of carbonyl (C=O) groups excluding carboxylic acids is 2. The van der Waals surface area contributed by atoms with E-state index >= 15 is 0 Å². The minimum absolute atomic E-state index is 0.310. The summed E-state index contributed by atoms with van der Waals surface area (Å²) in [5.74, 6) is -0.0855. The Kier molecular flexibility index (Phi) is 7.92. The van der Waals surface area contributed by atoms with Crippen LogP contribution in [0, 0.1) is 13.8 Å². The predicted octanol–water partition coefficient (Wildman–Crippen LogP) is 3.60. The number of methoxy groups -OCH3 is 2. The standard InChI is InChI=1S/C25H28N4O5/c1-6-34-20-9-7-19(8-10-20)29-16(2)13-18(17(29)3)15-26-28-25(31)24(30)27-22-14-21(32-4)11-12-23(22)33-5/h7-15H,6H2,1-5H3,(H,27,30)(H,28,31)/b26-15-. The maximum Gasteiger partial charge on any atom is 0.329 e. The molecule has 0 spiro atoms. The third-order valence-corrected chi connectivity index (χ3v) is 5.11. The summed E-state index contributed by atoms with van der Waals surface area (Å²) in [7, 11) is 2.97. The van der Waals surface area contributed by atoms with Crippen LogP contribution >= 0.6 is 0 Å². The van der Waals surface area contributed by atoms with Gasteiger partial charge in [0, 0.05) is 28.7 Å². The second-order valence-electron chi connectivity index (χ2n) is 7.31. The Labute approximate surface area is 198 Å². The number of hydrogen-bond donors (Lipinski definition) is 2. The normalized spacial score (nSPS) is 10.7. The van der Waals surface area contributed by atoms with Gasteiger partial charge in [-0.25, -0.2) is 5.43 Å². The summed E-state index contributed by atoms with van der Waals surface area (Å²) in [6, 6.07) is 14.6. The third kappa shape index (κ3) is 5.55. The van der Waals surface area contributed by atoms with Crippen LogP contribution in [-0.4, -0.2) is 43.4 Å². The zero-order chi connectivity index (χ0) is 24.7. The summed E-state index contributed by atoms with van der Waals surface area (Å²) < 4.78 is 17.9. The van der Waals surface area contributed by atoms with E-state index in [4.69, 9.17) is 14.2 Å². The van der Waals surface area contributed by atoms with Crippen molar-refractivity contribution in [2.24, 2.45) is 5.10 Å². The van der Waals surface area contributed by atoms with Crippen molar-refractivity contribution in [3.8, 4) is 22.9 Å². The molecule has 0 saturated carbocycles. The number of carbonyl (C=O) groups is 2. The summed E-state index contributed by atoms with van der Waals surface area (Å²) in [6.07, 6.45) is 1.50. The molecule has 0 aliphatic heterocycles. The highest BCUT2D eigenvalue weighted by Gasteiger charge is 2.16. The average molecular weight is 465 g/mol. The van der Waals surface area contributed by atoms with Crippen LogP contribution in [0.1, 0.15) is 23.9 Å². The minimum Gasteiger partial charge on any atom is -0.497 e. The first kappa shape index (κ1) is 24.4. The number of hydrogen-bond acceptors (Lipinski definition) is 6. The van der Waals surface area contributed by atoms with E-state index in [1.807, 2.05) is 51.1 Å². The Morgan fingerprint density at radius 3 is 2.32 bits per heavy atom. The topological polar surface area (TPSA) is 103 Å². The van der Waals surface area contributed by atoms with Crippen molar-refractivity contribution in [1.82, 2.24) is 9.99 Å². The number of benzene rings is 2. The molecule has 0 unspecified atom stereocenters.